The highest BCUT2D eigenvalue weighted by Gasteiger charge is 2.55. The number of fused-ring (bicyclic) bond motifs is 14. The van der Waals surface area contributed by atoms with E-state index < -0.39 is 5.41 Å². The lowest BCUT2D eigenvalue weighted by Gasteiger charge is -2.45. The van der Waals surface area contributed by atoms with Crippen LogP contribution in [0.4, 0.5) is 0 Å². The number of benzene rings is 11. The van der Waals surface area contributed by atoms with Gasteiger partial charge in [0.05, 0.1) is 22.1 Å². The first-order valence-corrected chi connectivity index (χ1v) is 28.6. The molecule has 1 aliphatic carbocycles. The van der Waals surface area contributed by atoms with Gasteiger partial charge in [-0.15, -0.1) is 0 Å². The van der Waals surface area contributed by atoms with Crippen molar-refractivity contribution in [1.82, 2.24) is 9.13 Å². The van der Waals surface area contributed by atoms with Gasteiger partial charge in [-0.1, -0.05) is 210 Å². The van der Waals surface area contributed by atoms with Crippen LogP contribution < -0.4 is 16.4 Å². The van der Waals surface area contributed by atoms with Crippen LogP contribution in [0.15, 0.2) is 164 Å². The second-order valence-electron chi connectivity index (χ2n) is 28.1. The van der Waals surface area contributed by atoms with E-state index in [4.69, 9.17) is 0 Å². The van der Waals surface area contributed by atoms with E-state index in [9.17, 15) is 0 Å². The molecule has 11 aromatic carbocycles. The maximum atomic E-state index is 2.82. The van der Waals surface area contributed by atoms with Crippen molar-refractivity contribution in [1.29, 1.82) is 0 Å². The standard InChI is InChI=1S/C75H63BN2/c1-71(2,3)43-28-31-62-51(32-43)52-34-45(73(7,8)9)37-60-67(52)77(62)69-55(47-29-26-42-25-24-40-18-17-19-41-27-30-50(47)64(42)63(40)41)39-59-70-65(69)76(60)61-38-46(74(10,11)12)35-54-53-33-44(72(4,5)6)36-58(66(53)78(70)68(54)61)75(59)56-22-15-13-20-48(56)49-21-14-16-23-57(49)75/h13-39H,1-12H3. The van der Waals surface area contributed by atoms with Crippen molar-refractivity contribution in [2.45, 2.75) is 110 Å². The molecule has 0 radical (unpaired) electrons. The molecule has 0 bridgehead atoms. The van der Waals surface area contributed by atoms with Gasteiger partial charge >= 0.3 is 0 Å². The Hall–Kier alpha value is -7.88. The van der Waals surface area contributed by atoms with Crippen LogP contribution in [-0.4, -0.2) is 15.8 Å². The average Bonchev–Trinajstić information content (AvgIpc) is 1.85. The molecular weight excluding hydrogens is 940 g/mol. The number of hydrogen-bond acceptors (Lipinski definition) is 0. The molecule has 5 heterocycles. The zero-order chi connectivity index (χ0) is 53.2. The molecule has 0 atom stereocenters. The first-order valence-electron chi connectivity index (χ1n) is 28.6. The summed E-state index contributed by atoms with van der Waals surface area (Å²) in [4.78, 5) is 0. The molecule has 3 aliphatic heterocycles. The molecule has 0 unspecified atom stereocenters. The molecule has 3 heteroatoms. The summed E-state index contributed by atoms with van der Waals surface area (Å²) in [5.41, 5.74) is 27.5. The molecular formula is C75H63BN2. The third-order valence-corrected chi connectivity index (χ3v) is 19.6. The van der Waals surface area contributed by atoms with Gasteiger partial charge in [0, 0.05) is 43.8 Å². The Bertz CT molecular complexity index is 4880. The van der Waals surface area contributed by atoms with E-state index in [2.05, 4.69) is 256 Å². The molecule has 0 N–H and O–H groups in total. The van der Waals surface area contributed by atoms with Crippen LogP contribution >= 0.6 is 0 Å². The van der Waals surface area contributed by atoms with E-state index in [0.29, 0.717) is 0 Å². The fraction of sp³-hybridized carbons (Fsp3) is 0.227. The summed E-state index contributed by atoms with van der Waals surface area (Å²) in [6, 6.07) is 66.1. The van der Waals surface area contributed by atoms with E-state index in [1.165, 1.54) is 170 Å². The normalized spacial score (nSPS) is 15.0. The molecule has 2 nitrogen and oxygen atoms in total. The minimum absolute atomic E-state index is 0.0289. The minimum Gasteiger partial charge on any atom is -0.310 e. The quantitative estimate of drug-likeness (QED) is 0.115. The maximum absolute atomic E-state index is 2.82. The molecule has 0 saturated carbocycles. The molecule has 376 valence electrons. The van der Waals surface area contributed by atoms with Crippen molar-refractivity contribution in [2.75, 3.05) is 0 Å². The Morgan fingerprint density at radius 1 is 0.333 bits per heavy atom. The van der Waals surface area contributed by atoms with Crippen LogP contribution in [0.2, 0.25) is 0 Å². The number of rotatable bonds is 1. The summed E-state index contributed by atoms with van der Waals surface area (Å²) in [7, 11) is 0. The van der Waals surface area contributed by atoms with Crippen molar-refractivity contribution < 1.29 is 0 Å². The van der Waals surface area contributed by atoms with Crippen molar-refractivity contribution in [3.8, 4) is 33.6 Å². The van der Waals surface area contributed by atoms with Gasteiger partial charge in [0.15, 0.2) is 0 Å². The maximum Gasteiger partial charge on any atom is 0.252 e. The molecule has 0 amide bonds. The fourth-order valence-corrected chi connectivity index (χ4v) is 15.8. The highest BCUT2D eigenvalue weighted by molar-refractivity contribution is 7.00. The molecule has 13 aromatic rings. The Labute approximate surface area is 457 Å². The van der Waals surface area contributed by atoms with Gasteiger partial charge in [0.1, 0.15) is 0 Å². The molecule has 1 spiro atoms. The summed E-state index contributed by atoms with van der Waals surface area (Å²) >= 11 is 0. The summed E-state index contributed by atoms with van der Waals surface area (Å²) < 4.78 is 5.59. The summed E-state index contributed by atoms with van der Waals surface area (Å²) in [5.74, 6) is 0. The van der Waals surface area contributed by atoms with Gasteiger partial charge < -0.3 is 9.13 Å². The van der Waals surface area contributed by atoms with Crippen LogP contribution in [0, 0.1) is 0 Å². The summed E-state index contributed by atoms with van der Waals surface area (Å²) in [6.07, 6.45) is 0. The lowest BCUT2D eigenvalue weighted by molar-refractivity contribution is 0.588. The lowest BCUT2D eigenvalue weighted by atomic mass is 9.33. The van der Waals surface area contributed by atoms with Crippen LogP contribution in [0.25, 0.3) is 110 Å². The van der Waals surface area contributed by atoms with Crippen LogP contribution in [0.5, 0.6) is 0 Å². The van der Waals surface area contributed by atoms with Gasteiger partial charge in [0.2, 0.25) is 0 Å². The van der Waals surface area contributed by atoms with E-state index in [-0.39, 0.29) is 28.4 Å². The van der Waals surface area contributed by atoms with E-state index >= 15 is 0 Å². The van der Waals surface area contributed by atoms with Gasteiger partial charge in [0.25, 0.3) is 6.71 Å². The second kappa shape index (κ2) is 14.0. The predicted octanol–water partition coefficient (Wildman–Crippen LogP) is 17.5. The zero-order valence-corrected chi connectivity index (χ0v) is 47.1. The van der Waals surface area contributed by atoms with E-state index in [1.54, 1.807) is 0 Å². The Morgan fingerprint density at radius 3 is 1.46 bits per heavy atom. The second-order valence-corrected chi connectivity index (χ2v) is 28.1. The third kappa shape index (κ3) is 5.32. The smallest absolute Gasteiger partial charge is 0.252 e. The lowest BCUT2D eigenvalue weighted by Crippen LogP contribution is -2.61. The van der Waals surface area contributed by atoms with Gasteiger partial charge in [-0.2, -0.15) is 0 Å². The van der Waals surface area contributed by atoms with Crippen LogP contribution in [-0.2, 0) is 27.1 Å². The van der Waals surface area contributed by atoms with Gasteiger partial charge in [-0.3, -0.25) is 0 Å². The molecule has 2 aromatic heterocycles. The highest BCUT2D eigenvalue weighted by atomic mass is 15.1. The van der Waals surface area contributed by atoms with Crippen molar-refractivity contribution in [3.63, 3.8) is 0 Å². The van der Waals surface area contributed by atoms with Crippen LogP contribution in [0.1, 0.15) is 128 Å². The monoisotopic (exact) mass is 1000 g/mol. The average molecular weight is 1000 g/mol. The number of hydrogen-bond donors (Lipinski definition) is 0. The Kier molecular flexibility index (Phi) is 8.14. The highest BCUT2D eigenvalue weighted by Crippen LogP contribution is 2.63. The zero-order valence-electron chi connectivity index (χ0n) is 47.1. The van der Waals surface area contributed by atoms with Crippen molar-refractivity contribution in [3.05, 3.63) is 208 Å². The SMILES string of the molecule is CC(C)(C)c1ccc2c(c1)c1cc(C(C)(C)C)cc3c1n2-c1c(-c2ccc4ccc5cccc6ccc2c4c56)cc2c4c1B3c1cc(C(C)(C)C)cc3c5cc(C(C)(C)C)cc(c5n-4c13)C21c2ccccc2-c2ccccc21. The number of nitrogens with zero attached hydrogens (tertiary/aromatic N) is 2. The summed E-state index contributed by atoms with van der Waals surface area (Å²) in [5, 5.41) is 13.3. The topological polar surface area (TPSA) is 9.86 Å². The van der Waals surface area contributed by atoms with Gasteiger partial charge in [-0.05, 0) is 168 Å². The Balaban J connectivity index is 1.18. The minimum atomic E-state index is -0.641. The molecule has 4 aliphatic rings. The number of aromatic nitrogens is 2. The Morgan fingerprint density at radius 2 is 0.846 bits per heavy atom. The first-order chi connectivity index (χ1) is 37.2. The van der Waals surface area contributed by atoms with Crippen molar-refractivity contribution in [2.24, 2.45) is 0 Å². The molecule has 17 rings (SSSR count). The third-order valence-electron chi connectivity index (χ3n) is 19.6. The first kappa shape index (κ1) is 45.2. The van der Waals surface area contributed by atoms with E-state index in [0.717, 1.165) is 0 Å². The molecule has 78 heavy (non-hydrogen) atoms. The molecule has 0 fully saturated rings. The predicted molar refractivity (Wildman–Crippen MR) is 335 cm³/mol. The van der Waals surface area contributed by atoms with Gasteiger partial charge in [-0.25, -0.2) is 0 Å². The largest absolute Gasteiger partial charge is 0.310 e. The summed E-state index contributed by atoms with van der Waals surface area (Å²) in [6.45, 7) is 28.8. The molecule has 0 saturated heterocycles. The van der Waals surface area contributed by atoms with E-state index in [1.807, 2.05) is 0 Å². The van der Waals surface area contributed by atoms with Crippen LogP contribution in [0.3, 0.4) is 0 Å². The van der Waals surface area contributed by atoms with Crippen molar-refractivity contribution >= 4 is 99.0 Å². The fourth-order valence-electron chi connectivity index (χ4n) is 15.8.